The summed E-state index contributed by atoms with van der Waals surface area (Å²) in [7, 11) is 2.62. The van der Waals surface area contributed by atoms with E-state index in [-0.39, 0.29) is 17.2 Å². The number of carbonyl (C=O) groups is 2. The minimum atomic E-state index is -1.04. The molecule has 0 amide bonds. The summed E-state index contributed by atoms with van der Waals surface area (Å²) < 4.78 is 16.2. The predicted octanol–water partition coefficient (Wildman–Crippen LogP) is 2.62. The number of ether oxygens (including phenoxy) is 3. The van der Waals surface area contributed by atoms with Crippen molar-refractivity contribution in [1.29, 1.82) is 0 Å². The molecule has 1 aromatic rings. The Morgan fingerprint density at radius 1 is 1.15 bits per heavy atom. The summed E-state index contributed by atoms with van der Waals surface area (Å²) in [6, 6.07) is 9.64. The third-order valence-electron chi connectivity index (χ3n) is 5.76. The standard InChI is InChI=1S/C21H23NO5/c1-25-19(23)16-15-11-12-21(27-15,17(16)20(24)26-2)18(13-7-6-8-13)22-14-9-4-3-5-10-14/h3-5,9-13,15,18,22H,6-8H2,1-2H3. The number of benzene rings is 1. The Morgan fingerprint density at radius 2 is 1.85 bits per heavy atom. The molecular weight excluding hydrogens is 346 g/mol. The Morgan fingerprint density at radius 3 is 2.44 bits per heavy atom. The van der Waals surface area contributed by atoms with Gasteiger partial charge in [-0.1, -0.05) is 30.7 Å². The summed E-state index contributed by atoms with van der Waals surface area (Å²) in [5.41, 5.74) is 0.401. The van der Waals surface area contributed by atoms with Crippen LogP contribution in [0.15, 0.2) is 53.6 Å². The van der Waals surface area contributed by atoms with Crippen molar-refractivity contribution in [1.82, 2.24) is 0 Å². The average molecular weight is 369 g/mol. The molecule has 27 heavy (non-hydrogen) atoms. The zero-order valence-electron chi connectivity index (χ0n) is 15.4. The summed E-state index contributed by atoms with van der Waals surface area (Å²) in [5.74, 6) is -0.787. The SMILES string of the molecule is COC(=O)C1=C(C(=O)OC)C2(C(Nc3ccccc3)C3CCC3)C=CC1O2. The van der Waals surface area contributed by atoms with Crippen LogP contribution >= 0.6 is 0 Å². The molecule has 1 fully saturated rings. The topological polar surface area (TPSA) is 73.9 Å². The molecule has 2 aliphatic heterocycles. The third kappa shape index (κ3) is 2.75. The highest BCUT2D eigenvalue weighted by Gasteiger charge is 2.60. The lowest BCUT2D eigenvalue weighted by atomic mass is 9.69. The maximum absolute atomic E-state index is 12.7. The number of rotatable bonds is 6. The first-order valence-electron chi connectivity index (χ1n) is 9.20. The molecular formula is C21H23NO5. The van der Waals surface area contributed by atoms with Crippen molar-refractivity contribution in [3.8, 4) is 0 Å². The molecule has 142 valence electrons. The highest BCUT2D eigenvalue weighted by atomic mass is 16.6. The first kappa shape index (κ1) is 17.8. The molecule has 2 heterocycles. The molecule has 1 aromatic carbocycles. The van der Waals surface area contributed by atoms with Crippen LogP contribution in [0.3, 0.4) is 0 Å². The number of para-hydroxylation sites is 1. The fraction of sp³-hybridized carbons (Fsp3) is 0.429. The van der Waals surface area contributed by atoms with Crippen molar-refractivity contribution in [3.05, 3.63) is 53.6 Å². The quantitative estimate of drug-likeness (QED) is 0.614. The smallest absolute Gasteiger partial charge is 0.337 e. The zero-order valence-corrected chi connectivity index (χ0v) is 15.4. The van der Waals surface area contributed by atoms with Gasteiger partial charge in [0, 0.05) is 5.69 Å². The lowest BCUT2D eigenvalue weighted by Crippen LogP contribution is -2.53. The predicted molar refractivity (Wildman–Crippen MR) is 99.0 cm³/mol. The molecule has 6 nitrogen and oxygen atoms in total. The Kier molecular flexibility index (Phi) is 4.52. The van der Waals surface area contributed by atoms with Crippen LogP contribution in [0.25, 0.3) is 0 Å². The first-order valence-corrected chi connectivity index (χ1v) is 9.20. The maximum atomic E-state index is 12.7. The van der Waals surface area contributed by atoms with Crippen LogP contribution in [-0.4, -0.2) is 43.9 Å². The highest BCUT2D eigenvalue weighted by molar-refractivity contribution is 6.05. The summed E-state index contributed by atoms with van der Waals surface area (Å²) in [4.78, 5) is 25.1. The number of fused-ring (bicyclic) bond motifs is 2. The van der Waals surface area contributed by atoms with Gasteiger partial charge in [-0.3, -0.25) is 0 Å². The maximum Gasteiger partial charge on any atom is 0.337 e. The molecule has 0 aromatic heterocycles. The number of anilines is 1. The minimum Gasteiger partial charge on any atom is -0.466 e. The van der Waals surface area contributed by atoms with E-state index >= 15 is 0 Å². The molecule has 3 unspecified atom stereocenters. The van der Waals surface area contributed by atoms with Crippen LogP contribution in [0, 0.1) is 5.92 Å². The monoisotopic (exact) mass is 369 g/mol. The van der Waals surface area contributed by atoms with E-state index in [2.05, 4.69) is 5.32 Å². The summed E-state index contributed by atoms with van der Waals surface area (Å²) in [5, 5.41) is 3.56. The van der Waals surface area contributed by atoms with E-state index in [9.17, 15) is 9.59 Å². The minimum absolute atomic E-state index is 0.189. The van der Waals surface area contributed by atoms with Crippen molar-refractivity contribution in [2.75, 3.05) is 19.5 Å². The molecule has 1 saturated carbocycles. The van der Waals surface area contributed by atoms with Gasteiger partial charge >= 0.3 is 11.9 Å². The molecule has 3 aliphatic rings. The molecule has 4 rings (SSSR count). The first-order chi connectivity index (χ1) is 13.1. The van der Waals surface area contributed by atoms with Crippen molar-refractivity contribution in [3.63, 3.8) is 0 Å². The van der Waals surface area contributed by atoms with Crippen molar-refractivity contribution in [2.24, 2.45) is 5.92 Å². The lowest BCUT2D eigenvalue weighted by molar-refractivity contribution is -0.139. The molecule has 3 atom stereocenters. The number of hydrogen-bond donors (Lipinski definition) is 1. The molecule has 6 heteroatoms. The fourth-order valence-electron chi connectivity index (χ4n) is 4.26. The molecule has 0 spiro atoms. The van der Waals surface area contributed by atoms with Crippen LogP contribution in [-0.2, 0) is 23.8 Å². The fourth-order valence-corrected chi connectivity index (χ4v) is 4.26. The third-order valence-corrected chi connectivity index (χ3v) is 5.76. The molecule has 1 aliphatic carbocycles. The van der Waals surface area contributed by atoms with Gasteiger partial charge in [0.1, 0.15) is 11.7 Å². The Balaban J connectivity index is 1.79. The second-order valence-corrected chi connectivity index (χ2v) is 7.14. The largest absolute Gasteiger partial charge is 0.466 e. The van der Waals surface area contributed by atoms with Crippen molar-refractivity contribution >= 4 is 17.6 Å². The number of methoxy groups -OCH3 is 2. The zero-order chi connectivity index (χ0) is 19.0. The van der Waals surface area contributed by atoms with E-state index in [1.54, 1.807) is 0 Å². The Labute approximate surface area is 158 Å². The van der Waals surface area contributed by atoms with Gasteiger partial charge in [-0.25, -0.2) is 9.59 Å². The normalized spacial score (nSPS) is 27.3. The van der Waals surface area contributed by atoms with Gasteiger partial charge in [0.25, 0.3) is 0 Å². The van der Waals surface area contributed by atoms with E-state index in [1.165, 1.54) is 14.2 Å². The van der Waals surface area contributed by atoms with Crippen LogP contribution in [0.5, 0.6) is 0 Å². The summed E-state index contributed by atoms with van der Waals surface area (Å²) >= 11 is 0. The highest BCUT2D eigenvalue weighted by Crippen LogP contribution is 2.51. The number of hydrogen-bond acceptors (Lipinski definition) is 6. The molecule has 2 bridgehead atoms. The van der Waals surface area contributed by atoms with Crippen LogP contribution < -0.4 is 5.32 Å². The van der Waals surface area contributed by atoms with Crippen LogP contribution in [0.2, 0.25) is 0 Å². The van der Waals surface area contributed by atoms with Crippen molar-refractivity contribution < 1.29 is 23.8 Å². The van der Waals surface area contributed by atoms with Gasteiger partial charge in [-0.2, -0.15) is 0 Å². The van der Waals surface area contributed by atoms with E-state index < -0.39 is 23.6 Å². The van der Waals surface area contributed by atoms with E-state index in [0.29, 0.717) is 5.92 Å². The number of nitrogens with one attached hydrogen (secondary N) is 1. The Bertz CT molecular complexity index is 811. The number of esters is 2. The molecule has 1 N–H and O–H groups in total. The Hall–Kier alpha value is -2.60. The van der Waals surface area contributed by atoms with Gasteiger partial charge < -0.3 is 19.5 Å². The van der Waals surface area contributed by atoms with Gasteiger partial charge in [0.2, 0.25) is 0 Å². The van der Waals surface area contributed by atoms with Crippen molar-refractivity contribution in [2.45, 2.75) is 37.0 Å². The van der Waals surface area contributed by atoms with Gasteiger partial charge in [0.05, 0.1) is 31.4 Å². The molecule has 0 saturated heterocycles. The van der Waals surface area contributed by atoms with Gasteiger partial charge in [-0.15, -0.1) is 0 Å². The van der Waals surface area contributed by atoms with Gasteiger partial charge in [-0.05, 0) is 37.0 Å². The molecule has 0 radical (unpaired) electrons. The van der Waals surface area contributed by atoms with Gasteiger partial charge in [0.15, 0.2) is 0 Å². The van der Waals surface area contributed by atoms with E-state index in [0.717, 1.165) is 24.9 Å². The van der Waals surface area contributed by atoms with Crippen LogP contribution in [0.1, 0.15) is 19.3 Å². The average Bonchev–Trinajstić information content (AvgIpc) is 3.23. The second-order valence-electron chi connectivity index (χ2n) is 7.14. The van der Waals surface area contributed by atoms with E-state index in [1.807, 2.05) is 42.5 Å². The van der Waals surface area contributed by atoms with E-state index in [4.69, 9.17) is 14.2 Å². The lowest BCUT2D eigenvalue weighted by Gasteiger charge is -2.44. The summed E-state index contributed by atoms with van der Waals surface area (Å²) in [6.07, 6.45) is 6.35. The summed E-state index contributed by atoms with van der Waals surface area (Å²) in [6.45, 7) is 0. The second kappa shape index (κ2) is 6.85. The number of carbonyl (C=O) groups excluding carboxylic acids is 2. The van der Waals surface area contributed by atoms with Crippen LogP contribution in [0.4, 0.5) is 5.69 Å².